The second-order valence-corrected chi connectivity index (χ2v) is 6.59. The number of nitrogens with two attached hydrogens (primary N) is 1. The third-order valence-electron chi connectivity index (χ3n) is 3.46. The van der Waals surface area contributed by atoms with Crippen LogP contribution in [0.2, 0.25) is 0 Å². The van der Waals surface area contributed by atoms with Crippen LogP contribution in [0.1, 0.15) is 40.0 Å². The van der Waals surface area contributed by atoms with Gasteiger partial charge in [0.15, 0.2) is 0 Å². The average Bonchev–Trinajstić information content (AvgIpc) is 2.54. The van der Waals surface area contributed by atoms with Crippen molar-refractivity contribution in [1.82, 2.24) is 16.0 Å². The lowest BCUT2D eigenvalue weighted by atomic mass is 10.0. The monoisotopic (exact) mass is 388 g/mol. The maximum Gasteiger partial charge on any atom is 0.326 e. The molecule has 0 rings (SSSR count). The van der Waals surface area contributed by atoms with Gasteiger partial charge in [-0.15, -0.1) is 0 Å². The number of carbonyl (C=O) groups is 5. The quantitative estimate of drug-likeness (QED) is 0.231. The zero-order chi connectivity index (χ0) is 21.1. The van der Waals surface area contributed by atoms with Crippen LogP contribution in [0.3, 0.4) is 0 Å². The highest BCUT2D eigenvalue weighted by Gasteiger charge is 2.27. The Hall–Kier alpha value is -2.69. The van der Waals surface area contributed by atoms with Gasteiger partial charge in [0.1, 0.15) is 12.1 Å². The molecule has 11 heteroatoms. The minimum Gasteiger partial charge on any atom is -0.481 e. The number of hydrogen-bond donors (Lipinski definition) is 6. The van der Waals surface area contributed by atoms with Gasteiger partial charge in [-0.05, 0) is 25.7 Å². The largest absolute Gasteiger partial charge is 0.481 e. The van der Waals surface area contributed by atoms with E-state index in [0.29, 0.717) is 0 Å². The number of carboxylic acid groups (broad SMARTS) is 2. The molecule has 0 aromatic heterocycles. The standard InChI is InChI=1S/C16H28N4O7/c1-8(2)6-11(16(26)27)20-15(25)10(4-5-13(22)23)19-12(21)7-18-14(24)9(3)17/h8-11H,4-7,17H2,1-3H3,(H,18,24)(H,19,21)(H,20,25)(H,22,23)(H,26,27). The number of aliphatic carboxylic acids is 2. The van der Waals surface area contributed by atoms with E-state index in [1.807, 2.05) is 0 Å². The van der Waals surface area contributed by atoms with E-state index in [4.69, 9.17) is 10.8 Å². The molecule has 3 unspecified atom stereocenters. The van der Waals surface area contributed by atoms with Gasteiger partial charge in [0.2, 0.25) is 17.7 Å². The summed E-state index contributed by atoms with van der Waals surface area (Å²) in [5, 5.41) is 24.9. The van der Waals surface area contributed by atoms with Gasteiger partial charge in [-0.2, -0.15) is 0 Å². The van der Waals surface area contributed by atoms with E-state index in [2.05, 4.69) is 16.0 Å². The van der Waals surface area contributed by atoms with Crippen LogP contribution >= 0.6 is 0 Å². The van der Waals surface area contributed by atoms with Crippen LogP contribution in [0.5, 0.6) is 0 Å². The van der Waals surface area contributed by atoms with Crippen LogP contribution in [0.15, 0.2) is 0 Å². The number of rotatable bonds is 12. The predicted molar refractivity (Wildman–Crippen MR) is 94.5 cm³/mol. The van der Waals surface area contributed by atoms with Gasteiger partial charge in [0.05, 0.1) is 12.6 Å². The molecule has 0 heterocycles. The van der Waals surface area contributed by atoms with Crippen LogP contribution in [0.4, 0.5) is 0 Å². The fraction of sp³-hybridized carbons (Fsp3) is 0.688. The second-order valence-electron chi connectivity index (χ2n) is 6.59. The van der Waals surface area contributed by atoms with E-state index in [1.165, 1.54) is 6.92 Å². The van der Waals surface area contributed by atoms with Crippen molar-refractivity contribution < 1.29 is 34.2 Å². The molecule has 3 atom stereocenters. The molecular weight excluding hydrogens is 360 g/mol. The zero-order valence-corrected chi connectivity index (χ0v) is 15.7. The summed E-state index contributed by atoms with van der Waals surface area (Å²) in [7, 11) is 0. The Morgan fingerprint density at radius 3 is 1.96 bits per heavy atom. The first-order chi connectivity index (χ1) is 12.4. The van der Waals surface area contributed by atoms with E-state index >= 15 is 0 Å². The Morgan fingerprint density at radius 1 is 0.926 bits per heavy atom. The van der Waals surface area contributed by atoms with Gasteiger partial charge in [-0.3, -0.25) is 19.2 Å². The summed E-state index contributed by atoms with van der Waals surface area (Å²) in [4.78, 5) is 57.7. The lowest BCUT2D eigenvalue weighted by molar-refractivity contribution is -0.143. The molecular formula is C16H28N4O7. The fourth-order valence-corrected chi connectivity index (χ4v) is 2.08. The normalized spacial score (nSPS) is 14.0. The summed E-state index contributed by atoms with van der Waals surface area (Å²) in [5.41, 5.74) is 5.35. The molecule has 0 saturated carbocycles. The van der Waals surface area contributed by atoms with E-state index in [-0.39, 0.29) is 18.8 Å². The Kier molecular flexibility index (Phi) is 10.7. The Balaban J connectivity index is 4.97. The van der Waals surface area contributed by atoms with Gasteiger partial charge < -0.3 is 31.9 Å². The Bertz CT molecular complexity index is 563. The first-order valence-electron chi connectivity index (χ1n) is 8.51. The second kappa shape index (κ2) is 11.8. The first-order valence-corrected chi connectivity index (χ1v) is 8.51. The minimum absolute atomic E-state index is 0.00748. The van der Waals surface area contributed by atoms with Crippen molar-refractivity contribution in [2.24, 2.45) is 11.7 Å². The van der Waals surface area contributed by atoms with Gasteiger partial charge in [-0.1, -0.05) is 13.8 Å². The molecule has 11 nitrogen and oxygen atoms in total. The molecule has 0 aromatic rings. The lowest BCUT2D eigenvalue weighted by Gasteiger charge is -2.22. The van der Waals surface area contributed by atoms with Gasteiger partial charge in [-0.25, -0.2) is 4.79 Å². The molecule has 0 bridgehead atoms. The third-order valence-corrected chi connectivity index (χ3v) is 3.46. The van der Waals surface area contributed by atoms with E-state index < -0.39 is 60.8 Å². The SMILES string of the molecule is CC(C)CC(NC(=O)C(CCC(=O)O)NC(=O)CNC(=O)C(C)N)C(=O)O. The number of nitrogens with one attached hydrogen (secondary N) is 3. The van der Waals surface area contributed by atoms with Crippen molar-refractivity contribution in [2.45, 2.75) is 58.2 Å². The van der Waals surface area contributed by atoms with E-state index in [0.717, 1.165) is 0 Å². The van der Waals surface area contributed by atoms with Crippen LogP contribution in [-0.2, 0) is 24.0 Å². The van der Waals surface area contributed by atoms with Crippen molar-refractivity contribution in [3.8, 4) is 0 Å². The minimum atomic E-state index is -1.25. The highest BCUT2D eigenvalue weighted by molar-refractivity contribution is 5.92. The summed E-state index contributed by atoms with van der Waals surface area (Å²) in [6, 6.07) is -3.24. The van der Waals surface area contributed by atoms with Crippen molar-refractivity contribution in [2.75, 3.05) is 6.54 Å². The zero-order valence-electron chi connectivity index (χ0n) is 15.7. The summed E-state index contributed by atoms with van der Waals surface area (Å²) < 4.78 is 0. The molecule has 154 valence electrons. The molecule has 0 fully saturated rings. The Morgan fingerprint density at radius 2 is 1.52 bits per heavy atom. The summed E-state index contributed by atoms with van der Waals surface area (Å²) >= 11 is 0. The molecule has 0 aliphatic heterocycles. The maximum atomic E-state index is 12.3. The molecule has 0 radical (unpaired) electrons. The van der Waals surface area contributed by atoms with Crippen LogP contribution < -0.4 is 21.7 Å². The van der Waals surface area contributed by atoms with Gasteiger partial charge in [0, 0.05) is 6.42 Å². The van der Waals surface area contributed by atoms with Crippen LogP contribution in [-0.4, -0.2) is 64.5 Å². The average molecular weight is 388 g/mol. The van der Waals surface area contributed by atoms with E-state index in [1.54, 1.807) is 13.8 Å². The number of carbonyl (C=O) groups excluding carboxylic acids is 3. The predicted octanol–water partition coefficient (Wildman–Crippen LogP) is -1.59. The van der Waals surface area contributed by atoms with Crippen molar-refractivity contribution in [3.05, 3.63) is 0 Å². The summed E-state index contributed by atoms with van der Waals surface area (Å²) in [6.07, 6.45) is -0.472. The molecule has 0 spiro atoms. The molecule has 27 heavy (non-hydrogen) atoms. The van der Waals surface area contributed by atoms with Crippen LogP contribution in [0.25, 0.3) is 0 Å². The van der Waals surface area contributed by atoms with E-state index in [9.17, 15) is 29.1 Å². The number of hydrogen-bond acceptors (Lipinski definition) is 6. The third kappa shape index (κ3) is 10.8. The smallest absolute Gasteiger partial charge is 0.326 e. The Labute approximate surface area is 157 Å². The van der Waals surface area contributed by atoms with Crippen LogP contribution in [0, 0.1) is 5.92 Å². The highest BCUT2D eigenvalue weighted by atomic mass is 16.4. The number of amides is 3. The first kappa shape index (κ1) is 24.3. The maximum absolute atomic E-state index is 12.3. The molecule has 3 amide bonds. The molecule has 0 aliphatic rings. The van der Waals surface area contributed by atoms with Gasteiger partial charge >= 0.3 is 11.9 Å². The lowest BCUT2D eigenvalue weighted by Crippen LogP contribution is -2.53. The molecule has 0 saturated heterocycles. The molecule has 7 N–H and O–H groups in total. The van der Waals surface area contributed by atoms with Crippen molar-refractivity contribution >= 4 is 29.7 Å². The van der Waals surface area contributed by atoms with Crippen molar-refractivity contribution in [3.63, 3.8) is 0 Å². The fourth-order valence-electron chi connectivity index (χ4n) is 2.08. The van der Waals surface area contributed by atoms with Crippen molar-refractivity contribution in [1.29, 1.82) is 0 Å². The summed E-state index contributed by atoms with van der Waals surface area (Å²) in [6.45, 7) is 4.54. The number of carboxylic acids is 2. The molecule has 0 aromatic carbocycles. The topological polar surface area (TPSA) is 188 Å². The highest BCUT2D eigenvalue weighted by Crippen LogP contribution is 2.06. The summed E-state index contributed by atoms with van der Waals surface area (Å²) in [5.74, 6) is -4.53. The molecule has 0 aliphatic carbocycles. The van der Waals surface area contributed by atoms with Gasteiger partial charge in [0.25, 0.3) is 0 Å².